The van der Waals surface area contributed by atoms with Gasteiger partial charge in [0, 0.05) is 62.9 Å². The van der Waals surface area contributed by atoms with Crippen molar-refractivity contribution in [3.05, 3.63) is 69.3 Å². The van der Waals surface area contributed by atoms with E-state index in [1.54, 1.807) is 13.4 Å². The number of rotatable bonds is 5. The molecule has 0 saturated heterocycles. The van der Waals surface area contributed by atoms with Gasteiger partial charge in [0.25, 0.3) is 5.56 Å². The molecule has 0 unspecified atom stereocenters. The number of aryl methyl sites for hydroxylation is 2. The van der Waals surface area contributed by atoms with Gasteiger partial charge in [0.15, 0.2) is 11.2 Å². The molecule has 0 aliphatic carbocycles. The maximum absolute atomic E-state index is 12.6. The molecule has 0 saturated carbocycles. The van der Waals surface area contributed by atoms with Crippen LogP contribution in [0.2, 0.25) is 0 Å². The van der Waals surface area contributed by atoms with Crippen molar-refractivity contribution in [3.8, 4) is 0 Å². The number of imidazole rings is 1. The Hall–Kier alpha value is -3.39. The van der Waals surface area contributed by atoms with E-state index in [9.17, 15) is 9.59 Å². The van der Waals surface area contributed by atoms with Crippen LogP contribution in [0.25, 0.3) is 27.6 Å². The maximum Gasteiger partial charge on any atom is 0.332 e. The zero-order chi connectivity index (χ0) is 21.5. The summed E-state index contributed by atoms with van der Waals surface area (Å²) in [5.41, 5.74) is 4.17. The fourth-order valence-corrected chi connectivity index (χ4v) is 4.53. The van der Waals surface area contributed by atoms with Gasteiger partial charge in [-0.15, -0.1) is 0 Å². The molecule has 1 aromatic carbocycles. The number of nitrogens with one attached hydrogen (secondary N) is 1. The van der Waals surface area contributed by atoms with Gasteiger partial charge in [-0.25, -0.2) is 9.78 Å². The molecule has 0 fully saturated rings. The van der Waals surface area contributed by atoms with Crippen molar-refractivity contribution in [3.63, 3.8) is 0 Å². The average Bonchev–Trinajstić information content (AvgIpc) is 3.41. The van der Waals surface area contributed by atoms with E-state index in [1.807, 2.05) is 4.57 Å². The lowest BCUT2D eigenvalue weighted by molar-refractivity contribution is 0.292. The Morgan fingerprint density at radius 2 is 1.94 bits per heavy atom. The molecule has 4 heterocycles. The zero-order valence-corrected chi connectivity index (χ0v) is 17.8. The Balaban J connectivity index is 1.25. The zero-order valence-electron chi connectivity index (χ0n) is 17.8. The van der Waals surface area contributed by atoms with Crippen molar-refractivity contribution in [2.75, 3.05) is 19.6 Å². The second kappa shape index (κ2) is 7.70. The predicted octanol–water partition coefficient (Wildman–Crippen LogP) is 2.09. The Labute approximate surface area is 179 Å². The molecule has 160 valence electrons. The molecule has 1 N–H and O–H groups in total. The first-order valence-corrected chi connectivity index (χ1v) is 10.6. The summed E-state index contributed by atoms with van der Waals surface area (Å²) < 4.78 is 4.44. The highest BCUT2D eigenvalue weighted by molar-refractivity contribution is 5.92. The Bertz CT molecular complexity index is 1420. The summed E-state index contributed by atoms with van der Waals surface area (Å²) in [7, 11) is 3.15. The smallest absolute Gasteiger partial charge is 0.332 e. The van der Waals surface area contributed by atoms with E-state index < -0.39 is 0 Å². The third-order valence-electron chi connectivity index (χ3n) is 6.32. The Morgan fingerprint density at radius 3 is 2.74 bits per heavy atom. The van der Waals surface area contributed by atoms with Gasteiger partial charge in [-0.2, -0.15) is 0 Å². The standard InChI is InChI=1S/C23H26N6O2/c1-26-21-20(22(30)27(2)23(26)31)29(15-25-21)11-5-10-28-12-8-16(9-13-28)18-14-24-19-7-4-3-6-17(18)19/h3-4,6-8,14-15,24H,5,9-13H2,1-2H3. The molecule has 5 rings (SSSR count). The van der Waals surface area contributed by atoms with Crippen LogP contribution >= 0.6 is 0 Å². The highest BCUT2D eigenvalue weighted by Gasteiger charge is 2.17. The van der Waals surface area contributed by atoms with Gasteiger partial charge in [0.1, 0.15) is 0 Å². The lowest BCUT2D eigenvalue weighted by Gasteiger charge is -2.26. The van der Waals surface area contributed by atoms with Crippen LogP contribution in [0.4, 0.5) is 0 Å². The van der Waals surface area contributed by atoms with Crippen LogP contribution in [-0.2, 0) is 20.6 Å². The third-order valence-corrected chi connectivity index (χ3v) is 6.32. The van der Waals surface area contributed by atoms with Crippen LogP contribution in [0, 0.1) is 0 Å². The normalized spacial score (nSPS) is 15.1. The van der Waals surface area contributed by atoms with Gasteiger partial charge >= 0.3 is 5.69 Å². The van der Waals surface area contributed by atoms with Gasteiger partial charge in [0.2, 0.25) is 0 Å². The molecule has 1 aliphatic heterocycles. The predicted molar refractivity (Wildman–Crippen MR) is 122 cm³/mol. The van der Waals surface area contributed by atoms with Crippen molar-refractivity contribution < 1.29 is 0 Å². The molecule has 0 amide bonds. The Kier molecular flexibility index (Phi) is 4.86. The molecule has 0 spiro atoms. The van der Waals surface area contributed by atoms with Crippen molar-refractivity contribution in [2.24, 2.45) is 14.1 Å². The summed E-state index contributed by atoms with van der Waals surface area (Å²) in [6.07, 6.45) is 8.05. The van der Waals surface area contributed by atoms with E-state index in [4.69, 9.17) is 0 Å². The van der Waals surface area contributed by atoms with Crippen LogP contribution in [-0.4, -0.2) is 48.2 Å². The first kappa shape index (κ1) is 19.6. The highest BCUT2D eigenvalue weighted by atomic mass is 16.2. The van der Waals surface area contributed by atoms with Crippen LogP contribution < -0.4 is 11.2 Å². The van der Waals surface area contributed by atoms with Gasteiger partial charge in [-0.1, -0.05) is 24.3 Å². The lowest BCUT2D eigenvalue weighted by Crippen LogP contribution is -2.37. The first-order valence-electron chi connectivity index (χ1n) is 10.6. The lowest BCUT2D eigenvalue weighted by atomic mass is 9.99. The minimum absolute atomic E-state index is 0.292. The summed E-state index contributed by atoms with van der Waals surface area (Å²) >= 11 is 0. The second-order valence-corrected chi connectivity index (χ2v) is 8.20. The number of H-pyrrole nitrogens is 1. The first-order chi connectivity index (χ1) is 15.0. The number of aromatic nitrogens is 5. The summed E-state index contributed by atoms with van der Waals surface area (Å²) in [4.78, 5) is 34.7. The summed E-state index contributed by atoms with van der Waals surface area (Å²) in [6, 6.07) is 8.42. The van der Waals surface area contributed by atoms with Crippen LogP contribution in [0.5, 0.6) is 0 Å². The van der Waals surface area contributed by atoms with Crippen LogP contribution in [0.3, 0.4) is 0 Å². The van der Waals surface area contributed by atoms with Crippen LogP contribution in [0.15, 0.2) is 52.5 Å². The minimum atomic E-state index is -0.353. The van der Waals surface area contributed by atoms with Crippen LogP contribution in [0.1, 0.15) is 18.4 Å². The number of nitrogens with zero attached hydrogens (tertiary/aromatic N) is 5. The topological polar surface area (TPSA) is 80.8 Å². The largest absolute Gasteiger partial charge is 0.361 e. The number of hydrogen-bond donors (Lipinski definition) is 1. The molecule has 8 nitrogen and oxygen atoms in total. The molecule has 0 radical (unpaired) electrons. The molecule has 1 aliphatic rings. The van der Waals surface area contributed by atoms with Gasteiger partial charge in [-0.3, -0.25) is 18.8 Å². The van der Waals surface area contributed by atoms with E-state index in [0.29, 0.717) is 17.7 Å². The van der Waals surface area contributed by atoms with Gasteiger partial charge in [-0.05, 0) is 24.5 Å². The molecule has 8 heteroatoms. The van der Waals surface area contributed by atoms with Gasteiger partial charge < -0.3 is 9.55 Å². The Morgan fingerprint density at radius 1 is 1.10 bits per heavy atom. The fraction of sp³-hybridized carbons (Fsp3) is 0.348. The molecular formula is C23H26N6O2. The summed E-state index contributed by atoms with van der Waals surface area (Å²) in [5.74, 6) is 0. The number of aromatic amines is 1. The van der Waals surface area contributed by atoms with Crippen molar-refractivity contribution in [2.45, 2.75) is 19.4 Å². The molecule has 0 atom stereocenters. The van der Waals surface area contributed by atoms with E-state index in [2.05, 4.69) is 51.4 Å². The number of fused-ring (bicyclic) bond motifs is 2. The SMILES string of the molecule is Cn1c(=O)c2c(ncn2CCCN2CC=C(c3c[nH]c4ccccc34)CC2)n(C)c1=O. The quantitative estimate of drug-likeness (QED) is 0.538. The number of para-hydroxylation sites is 1. The summed E-state index contributed by atoms with van der Waals surface area (Å²) in [5, 5.41) is 1.28. The molecule has 3 aromatic heterocycles. The number of hydrogen-bond acceptors (Lipinski definition) is 4. The molecular weight excluding hydrogens is 392 g/mol. The van der Waals surface area contributed by atoms with Crippen molar-refractivity contribution in [1.82, 2.24) is 28.6 Å². The van der Waals surface area contributed by atoms with Crippen molar-refractivity contribution in [1.29, 1.82) is 0 Å². The van der Waals surface area contributed by atoms with Crippen molar-refractivity contribution >= 4 is 27.6 Å². The molecule has 31 heavy (non-hydrogen) atoms. The maximum atomic E-state index is 12.6. The third kappa shape index (κ3) is 3.33. The summed E-state index contributed by atoms with van der Waals surface area (Å²) in [6.45, 7) is 3.59. The van der Waals surface area contributed by atoms with E-state index in [1.165, 1.54) is 33.7 Å². The average molecular weight is 419 g/mol. The van der Waals surface area contributed by atoms with Gasteiger partial charge in [0.05, 0.1) is 6.33 Å². The monoisotopic (exact) mass is 418 g/mol. The highest BCUT2D eigenvalue weighted by Crippen LogP contribution is 2.29. The van der Waals surface area contributed by atoms with E-state index in [-0.39, 0.29) is 11.2 Å². The molecule has 4 aromatic rings. The number of benzene rings is 1. The molecule has 0 bridgehead atoms. The minimum Gasteiger partial charge on any atom is -0.361 e. The fourth-order valence-electron chi connectivity index (χ4n) is 4.53. The van der Waals surface area contributed by atoms with E-state index >= 15 is 0 Å². The second-order valence-electron chi connectivity index (χ2n) is 8.20. The van der Waals surface area contributed by atoms with E-state index in [0.717, 1.165) is 37.0 Å².